The van der Waals surface area contributed by atoms with Gasteiger partial charge in [-0.05, 0) is 36.6 Å². The Morgan fingerprint density at radius 1 is 1.21 bits per heavy atom. The van der Waals surface area contributed by atoms with Crippen LogP contribution in [-0.2, 0) is 22.6 Å². The molecule has 0 radical (unpaired) electrons. The minimum Gasteiger partial charge on any atom is -0.508 e. The van der Waals surface area contributed by atoms with Crippen LogP contribution in [0.15, 0.2) is 35.9 Å². The normalized spacial score (nSPS) is 23.7. The predicted octanol–water partition coefficient (Wildman–Crippen LogP) is 3.74. The first kappa shape index (κ1) is 17.2. The largest absolute Gasteiger partial charge is 0.508 e. The smallest absolute Gasteiger partial charge is 0.254 e. The molecule has 2 aromatic rings. The second-order valence-corrected chi connectivity index (χ2v) is 7.94. The zero-order valence-electron chi connectivity index (χ0n) is 16.0. The first-order chi connectivity index (χ1) is 13.5. The summed E-state index contributed by atoms with van der Waals surface area (Å²) in [7, 11) is 0. The number of ketones is 1. The molecule has 1 aromatic carbocycles. The molecule has 2 aliphatic heterocycles. The van der Waals surface area contributed by atoms with Crippen LogP contribution < -0.4 is 0 Å². The summed E-state index contributed by atoms with van der Waals surface area (Å²) in [6.07, 6.45) is 5.78. The number of hydrogen-bond acceptors (Lipinski definition) is 4. The van der Waals surface area contributed by atoms with E-state index >= 15 is 0 Å². The average Bonchev–Trinajstić information content (AvgIpc) is 2.89. The number of benzene rings is 1. The van der Waals surface area contributed by atoms with Crippen LogP contribution in [0.2, 0.25) is 0 Å². The van der Waals surface area contributed by atoms with E-state index in [4.69, 9.17) is 4.98 Å². The number of phenolic OH excluding ortho intramolecular Hbond substituents is 1. The highest BCUT2D eigenvalue weighted by Gasteiger charge is 2.39. The zero-order valence-corrected chi connectivity index (χ0v) is 16.0. The van der Waals surface area contributed by atoms with Crippen molar-refractivity contribution in [1.82, 2.24) is 9.88 Å². The summed E-state index contributed by atoms with van der Waals surface area (Å²) in [4.78, 5) is 32.3. The Labute approximate surface area is 163 Å². The maximum absolute atomic E-state index is 13.3. The maximum atomic E-state index is 13.3. The molecular formula is C23H22N2O3. The standard InChI is InChI=1S/C23H22N2O3/c1-3-16-17-10-15(26)5-6-19(17)24-22-18(16)11-25-20(22)9-14-8-13(23(25)28)4-7-21(27)12(14)2/h5-6,8-10,12,14,26H,3-4,7,11H2,1-2H3/t12-,14?/m0/s1. The van der Waals surface area contributed by atoms with Gasteiger partial charge in [0.1, 0.15) is 11.5 Å². The lowest BCUT2D eigenvalue weighted by atomic mass is 9.89. The lowest BCUT2D eigenvalue weighted by Crippen LogP contribution is -2.26. The minimum absolute atomic E-state index is 0.0115. The van der Waals surface area contributed by atoms with E-state index < -0.39 is 0 Å². The molecule has 0 saturated carbocycles. The Hall–Kier alpha value is -2.95. The molecule has 0 fully saturated rings. The third-order valence-electron chi connectivity index (χ3n) is 6.38. The van der Waals surface area contributed by atoms with Crippen LogP contribution in [0.5, 0.6) is 5.75 Å². The Morgan fingerprint density at radius 2 is 2.04 bits per heavy atom. The number of phenols is 1. The number of hydrogen-bond donors (Lipinski definition) is 1. The molecule has 0 saturated heterocycles. The van der Waals surface area contributed by atoms with Crippen LogP contribution in [0.1, 0.15) is 43.5 Å². The molecular weight excluding hydrogens is 352 g/mol. The number of amides is 1. The topological polar surface area (TPSA) is 70.5 Å². The second-order valence-electron chi connectivity index (χ2n) is 7.94. The molecule has 1 N–H and O–H groups in total. The van der Waals surface area contributed by atoms with E-state index in [1.54, 1.807) is 12.1 Å². The first-order valence-corrected chi connectivity index (χ1v) is 9.90. The molecule has 1 unspecified atom stereocenters. The van der Waals surface area contributed by atoms with Crippen molar-refractivity contribution in [3.8, 4) is 5.75 Å². The molecule has 3 heterocycles. The Balaban J connectivity index is 1.74. The number of carbonyl (C=O) groups excluding carboxylic acids is 2. The Morgan fingerprint density at radius 3 is 2.82 bits per heavy atom. The van der Waals surface area contributed by atoms with Crippen LogP contribution in [0, 0.1) is 11.8 Å². The molecule has 5 nitrogen and oxygen atoms in total. The van der Waals surface area contributed by atoms with Crippen molar-refractivity contribution in [1.29, 1.82) is 0 Å². The molecule has 2 atom stereocenters. The van der Waals surface area contributed by atoms with Crippen LogP contribution in [0.4, 0.5) is 0 Å². The van der Waals surface area contributed by atoms with E-state index in [-0.39, 0.29) is 29.3 Å². The third-order valence-corrected chi connectivity index (χ3v) is 6.38. The number of aryl methyl sites for hydroxylation is 1. The fourth-order valence-electron chi connectivity index (χ4n) is 4.75. The molecule has 1 aliphatic carbocycles. The molecule has 28 heavy (non-hydrogen) atoms. The molecule has 1 amide bonds. The van der Waals surface area contributed by atoms with Gasteiger partial charge in [-0.3, -0.25) is 9.59 Å². The number of aromatic nitrogens is 1. The lowest BCUT2D eigenvalue weighted by molar-refractivity contribution is -0.124. The summed E-state index contributed by atoms with van der Waals surface area (Å²) < 4.78 is 0. The van der Waals surface area contributed by atoms with Gasteiger partial charge in [0.25, 0.3) is 5.91 Å². The molecule has 5 heteroatoms. The van der Waals surface area contributed by atoms with Gasteiger partial charge >= 0.3 is 0 Å². The highest BCUT2D eigenvalue weighted by atomic mass is 16.3. The van der Waals surface area contributed by atoms with Crippen molar-refractivity contribution in [3.63, 3.8) is 0 Å². The van der Waals surface area contributed by atoms with Gasteiger partial charge in [0.05, 0.1) is 23.5 Å². The maximum Gasteiger partial charge on any atom is 0.254 e. The van der Waals surface area contributed by atoms with E-state index in [2.05, 4.69) is 13.0 Å². The van der Waals surface area contributed by atoms with E-state index in [9.17, 15) is 14.7 Å². The fraction of sp³-hybridized carbons (Fsp3) is 0.348. The van der Waals surface area contributed by atoms with E-state index in [1.165, 1.54) is 0 Å². The lowest BCUT2D eigenvalue weighted by Gasteiger charge is -2.19. The minimum atomic E-state index is -0.134. The number of allylic oxidation sites excluding steroid dienone is 2. The summed E-state index contributed by atoms with van der Waals surface area (Å²) in [6, 6.07) is 5.22. The van der Waals surface area contributed by atoms with Gasteiger partial charge < -0.3 is 10.0 Å². The van der Waals surface area contributed by atoms with Crippen molar-refractivity contribution in [2.45, 2.75) is 39.7 Å². The highest BCUT2D eigenvalue weighted by molar-refractivity contribution is 6.03. The van der Waals surface area contributed by atoms with Crippen LogP contribution >= 0.6 is 0 Å². The van der Waals surface area contributed by atoms with Crippen molar-refractivity contribution >= 4 is 28.3 Å². The van der Waals surface area contributed by atoms with E-state index in [0.717, 1.165) is 45.4 Å². The Bertz CT molecular complexity index is 1110. The molecule has 5 rings (SSSR count). The highest BCUT2D eigenvalue weighted by Crippen LogP contribution is 2.42. The number of carbonyl (C=O) groups is 2. The molecule has 2 bridgehead atoms. The monoisotopic (exact) mass is 374 g/mol. The SMILES string of the molecule is CCc1c2c(nc3ccc(O)cc13)C1=CC3C=C(CCC(=O)[C@H]3C)C(=O)N1C2. The van der Waals surface area contributed by atoms with Gasteiger partial charge in [-0.1, -0.05) is 26.0 Å². The second kappa shape index (κ2) is 6.03. The Kier molecular flexibility index (Phi) is 3.69. The molecule has 3 aliphatic rings. The van der Waals surface area contributed by atoms with E-state index in [1.807, 2.05) is 24.0 Å². The van der Waals surface area contributed by atoms with Gasteiger partial charge in [0, 0.05) is 34.8 Å². The van der Waals surface area contributed by atoms with Gasteiger partial charge in [-0.2, -0.15) is 0 Å². The van der Waals surface area contributed by atoms with Crippen molar-refractivity contribution < 1.29 is 14.7 Å². The van der Waals surface area contributed by atoms with Crippen molar-refractivity contribution in [2.75, 3.05) is 0 Å². The van der Waals surface area contributed by atoms with Crippen LogP contribution in [-0.4, -0.2) is 26.7 Å². The van der Waals surface area contributed by atoms with Crippen LogP contribution in [0.25, 0.3) is 16.6 Å². The summed E-state index contributed by atoms with van der Waals surface area (Å²) in [5.74, 6) is 0.203. The predicted molar refractivity (Wildman–Crippen MR) is 106 cm³/mol. The summed E-state index contributed by atoms with van der Waals surface area (Å²) in [5, 5.41) is 10.9. The molecule has 0 spiro atoms. The van der Waals surface area contributed by atoms with Crippen molar-refractivity contribution in [3.05, 3.63) is 52.7 Å². The van der Waals surface area contributed by atoms with Crippen molar-refractivity contribution in [2.24, 2.45) is 11.8 Å². The zero-order chi connectivity index (χ0) is 19.6. The summed E-state index contributed by atoms with van der Waals surface area (Å²) in [5.41, 5.74) is 5.39. The molecule has 1 aromatic heterocycles. The van der Waals surface area contributed by atoms with E-state index in [0.29, 0.717) is 19.4 Å². The number of nitrogens with zero attached hydrogens (tertiary/aromatic N) is 2. The number of rotatable bonds is 1. The summed E-state index contributed by atoms with van der Waals surface area (Å²) in [6.45, 7) is 4.53. The van der Waals surface area contributed by atoms with Gasteiger partial charge in [-0.25, -0.2) is 4.98 Å². The van der Waals surface area contributed by atoms with Gasteiger partial charge in [0.2, 0.25) is 0 Å². The first-order valence-electron chi connectivity index (χ1n) is 9.90. The number of aromatic hydroxyl groups is 1. The number of Topliss-reactive ketones (excluding diaryl/α,β-unsaturated/α-hetero) is 1. The van der Waals surface area contributed by atoms with Gasteiger partial charge in [0.15, 0.2) is 0 Å². The van der Waals surface area contributed by atoms with Crippen LogP contribution in [0.3, 0.4) is 0 Å². The average molecular weight is 374 g/mol. The fourth-order valence-corrected chi connectivity index (χ4v) is 4.75. The summed E-state index contributed by atoms with van der Waals surface area (Å²) >= 11 is 0. The van der Waals surface area contributed by atoms with Gasteiger partial charge in [-0.15, -0.1) is 0 Å². The molecule has 142 valence electrons. The number of fused-ring (bicyclic) bond motifs is 5. The quantitative estimate of drug-likeness (QED) is 0.825. The third kappa shape index (κ3) is 2.35. The number of pyridine rings is 1.